The van der Waals surface area contributed by atoms with E-state index < -0.39 is 29.3 Å². The maximum atomic E-state index is 13.2. The van der Waals surface area contributed by atoms with E-state index in [1.165, 1.54) is 18.4 Å². The Hall–Kier alpha value is -2.70. The number of furan rings is 1. The minimum Gasteiger partial charge on any atom is -0.459 e. The van der Waals surface area contributed by atoms with E-state index in [1.807, 2.05) is 10.6 Å². The molecular formula is C12H8F2N2O3. The van der Waals surface area contributed by atoms with Crippen LogP contribution >= 0.6 is 0 Å². The molecule has 1 aromatic heterocycles. The van der Waals surface area contributed by atoms with Crippen LogP contribution in [0.2, 0.25) is 0 Å². The summed E-state index contributed by atoms with van der Waals surface area (Å²) in [6, 6.07) is 4.85. The number of carbonyl (C=O) groups excluding carboxylic acids is 2. The van der Waals surface area contributed by atoms with Gasteiger partial charge < -0.3 is 9.73 Å². The van der Waals surface area contributed by atoms with Crippen molar-refractivity contribution in [2.75, 3.05) is 5.32 Å². The summed E-state index contributed by atoms with van der Waals surface area (Å²) in [4.78, 5) is 22.8. The minimum atomic E-state index is -1.06. The van der Waals surface area contributed by atoms with Gasteiger partial charge in [0.15, 0.2) is 5.76 Å². The number of hydrogen-bond donors (Lipinski definition) is 2. The van der Waals surface area contributed by atoms with Crippen molar-refractivity contribution < 1.29 is 22.8 Å². The van der Waals surface area contributed by atoms with E-state index >= 15 is 0 Å². The molecule has 0 radical (unpaired) electrons. The van der Waals surface area contributed by atoms with Crippen molar-refractivity contribution in [2.24, 2.45) is 0 Å². The number of urea groups is 1. The summed E-state index contributed by atoms with van der Waals surface area (Å²) in [6.07, 6.45) is 1.25. The van der Waals surface area contributed by atoms with Gasteiger partial charge in [-0.1, -0.05) is 6.07 Å². The van der Waals surface area contributed by atoms with Crippen molar-refractivity contribution in [3.63, 3.8) is 0 Å². The smallest absolute Gasteiger partial charge is 0.326 e. The number of anilines is 1. The number of hydrogen-bond acceptors (Lipinski definition) is 3. The van der Waals surface area contributed by atoms with E-state index in [2.05, 4.69) is 0 Å². The fraction of sp³-hybridized carbons (Fsp3) is 0. The molecule has 0 aliphatic rings. The molecule has 0 aliphatic heterocycles. The molecule has 0 atom stereocenters. The average molecular weight is 266 g/mol. The lowest BCUT2D eigenvalue weighted by molar-refractivity contribution is 0.0940. The third kappa shape index (κ3) is 2.95. The summed E-state index contributed by atoms with van der Waals surface area (Å²) in [6.45, 7) is 0. The van der Waals surface area contributed by atoms with E-state index in [0.29, 0.717) is 0 Å². The van der Waals surface area contributed by atoms with Gasteiger partial charge in [0.05, 0.1) is 6.26 Å². The number of halogens is 2. The molecule has 5 nitrogen and oxygen atoms in total. The maximum Gasteiger partial charge on any atom is 0.326 e. The number of amides is 3. The van der Waals surface area contributed by atoms with Crippen LogP contribution in [0.5, 0.6) is 0 Å². The molecule has 0 saturated heterocycles. The largest absolute Gasteiger partial charge is 0.459 e. The zero-order valence-electron chi connectivity index (χ0n) is 9.44. The van der Waals surface area contributed by atoms with Gasteiger partial charge in [-0.05, 0) is 24.3 Å². The molecular weight excluding hydrogens is 258 g/mol. The number of imide groups is 1. The number of benzene rings is 1. The van der Waals surface area contributed by atoms with Crippen molar-refractivity contribution in [1.82, 2.24) is 5.32 Å². The molecule has 3 amide bonds. The first-order chi connectivity index (χ1) is 9.08. The van der Waals surface area contributed by atoms with Crippen LogP contribution in [-0.2, 0) is 0 Å². The lowest BCUT2D eigenvalue weighted by atomic mass is 10.3. The summed E-state index contributed by atoms with van der Waals surface area (Å²) in [5, 5.41) is 3.78. The molecule has 0 aliphatic carbocycles. The number of carbonyl (C=O) groups is 2. The Labute approximate surface area is 106 Å². The Morgan fingerprint density at radius 1 is 1.05 bits per heavy atom. The normalized spacial score (nSPS) is 10.0. The predicted molar refractivity (Wildman–Crippen MR) is 61.6 cm³/mol. The Morgan fingerprint density at radius 2 is 1.74 bits per heavy atom. The molecule has 0 fully saturated rings. The van der Waals surface area contributed by atoms with Crippen LogP contribution in [0.1, 0.15) is 10.6 Å². The summed E-state index contributed by atoms with van der Waals surface area (Å²) < 4.78 is 31.2. The van der Waals surface area contributed by atoms with Crippen LogP contribution < -0.4 is 10.6 Å². The van der Waals surface area contributed by atoms with Gasteiger partial charge in [-0.3, -0.25) is 10.1 Å². The summed E-state index contributed by atoms with van der Waals surface area (Å²) in [5.74, 6) is -2.80. The maximum absolute atomic E-state index is 13.2. The Balaban J connectivity index is 2.04. The standard InChI is InChI=1S/C12H8F2N2O3/c13-7-3-1-4-8(14)10(7)15-12(18)16-11(17)9-5-2-6-19-9/h1-6H,(H2,15,16,17,18). The highest BCUT2D eigenvalue weighted by molar-refractivity contribution is 6.06. The van der Waals surface area contributed by atoms with Gasteiger partial charge in [-0.2, -0.15) is 0 Å². The van der Waals surface area contributed by atoms with E-state index in [9.17, 15) is 18.4 Å². The highest BCUT2D eigenvalue weighted by atomic mass is 19.1. The summed E-state index contributed by atoms with van der Waals surface area (Å²) in [7, 11) is 0. The lowest BCUT2D eigenvalue weighted by Crippen LogP contribution is -2.34. The molecule has 19 heavy (non-hydrogen) atoms. The molecule has 2 N–H and O–H groups in total. The zero-order valence-corrected chi connectivity index (χ0v) is 9.44. The van der Waals surface area contributed by atoms with Crippen molar-refractivity contribution >= 4 is 17.6 Å². The molecule has 0 spiro atoms. The molecule has 2 aromatic rings. The second kappa shape index (κ2) is 5.30. The zero-order chi connectivity index (χ0) is 13.8. The quantitative estimate of drug-likeness (QED) is 0.877. The average Bonchev–Trinajstić information content (AvgIpc) is 2.88. The first-order valence-electron chi connectivity index (χ1n) is 5.18. The Morgan fingerprint density at radius 3 is 2.32 bits per heavy atom. The van der Waals surface area contributed by atoms with Crippen LogP contribution in [0.25, 0.3) is 0 Å². The molecule has 0 unspecified atom stereocenters. The summed E-state index contributed by atoms with van der Waals surface area (Å²) in [5.41, 5.74) is -0.632. The van der Waals surface area contributed by atoms with Crippen molar-refractivity contribution in [2.45, 2.75) is 0 Å². The molecule has 0 bridgehead atoms. The minimum absolute atomic E-state index is 0.0934. The molecule has 1 heterocycles. The highest BCUT2D eigenvalue weighted by Crippen LogP contribution is 2.17. The first kappa shape index (κ1) is 12.7. The van der Waals surface area contributed by atoms with Crippen molar-refractivity contribution in [1.29, 1.82) is 0 Å². The van der Waals surface area contributed by atoms with Crippen molar-refractivity contribution in [3.8, 4) is 0 Å². The van der Waals surface area contributed by atoms with Gasteiger partial charge in [-0.25, -0.2) is 13.6 Å². The molecule has 1 aromatic carbocycles. The fourth-order valence-corrected chi connectivity index (χ4v) is 1.33. The second-order valence-corrected chi connectivity index (χ2v) is 3.48. The molecule has 2 rings (SSSR count). The van der Waals surface area contributed by atoms with Gasteiger partial charge in [-0.15, -0.1) is 0 Å². The topological polar surface area (TPSA) is 71.3 Å². The predicted octanol–water partition coefficient (Wildman–Crippen LogP) is 2.52. The Bertz CT molecular complexity index is 591. The highest BCUT2D eigenvalue weighted by Gasteiger charge is 2.16. The van der Waals surface area contributed by atoms with Crippen LogP contribution in [0, 0.1) is 11.6 Å². The van der Waals surface area contributed by atoms with E-state index in [-0.39, 0.29) is 5.76 Å². The third-order valence-corrected chi connectivity index (χ3v) is 2.17. The second-order valence-electron chi connectivity index (χ2n) is 3.48. The van der Waals surface area contributed by atoms with E-state index in [1.54, 1.807) is 0 Å². The Kier molecular flexibility index (Phi) is 3.56. The third-order valence-electron chi connectivity index (χ3n) is 2.17. The molecule has 98 valence electrons. The van der Waals surface area contributed by atoms with Crippen LogP contribution in [0.4, 0.5) is 19.3 Å². The lowest BCUT2D eigenvalue weighted by Gasteiger charge is -2.07. The fourth-order valence-electron chi connectivity index (χ4n) is 1.33. The van der Waals surface area contributed by atoms with Gasteiger partial charge in [0.1, 0.15) is 17.3 Å². The SMILES string of the molecule is O=C(NC(=O)c1ccco1)Nc1c(F)cccc1F. The van der Waals surface area contributed by atoms with Crippen molar-refractivity contribution in [3.05, 3.63) is 54.0 Å². The number of nitrogens with one attached hydrogen (secondary N) is 2. The number of rotatable bonds is 2. The van der Waals surface area contributed by atoms with Crippen LogP contribution in [-0.4, -0.2) is 11.9 Å². The first-order valence-corrected chi connectivity index (χ1v) is 5.18. The van der Waals surface area contributed by atoms with E-state index in [4.69, 9.17) is 4.42 Å². The summed E-state index contributed by atoms with van der Waals surface area (Å²) >= 11 is 0. The number of para-hydroxylation sites is 1. The monoisotopic (exact) mass is 266 g/mol. The van der Waals surface area contributed by atoms with Gasteiger partial charge in [0.25, 0.3) is 5.91 Å². The van der Waals surface area contributed by atoms with Gasteiger partial charge in [0, 0.05) is 0 Å². The molecule has 7 heteroatoms. The van der Waals surface area contributed by atoms with Gasteiger partial charge >= 0.3 is 6.03 Å². The van der Waals surface area contributed by atoms with Crippen LogP contribution in [0.3, 0.4) is 0 Å². The molecule has 0 saturated carbocycles. The van der Waals surface area contributed by atoms with Crippen LogP contribution in [0.15, 0.2) is 41.0 Å². The van der Waals surface area contributed by atoms with E-state index in [0.717, 1.165) is 18.2 Å². The van der Waals surface area contributed by atoms with Gasteiger partial charge in [0.2, 0.25) is 0 Å².